The zero-order valence-electron chi connectivity index (χ0n) is 29.4. The lowest BCUT2D eigenvalue weighted by Gasteiger charge is -2.25. The van der Waals surface area contributed by atoms with Crippen LogP contribution in [0.2, 0.25) is 0 Å². The highest BCUT2D eigenvalue weighted by molar-refractivity contribution is 6.06. The number of aromatic hydroxyl groups is 3. The van der Waals surface area contributed by atoms with Gasteiger partial charge in [-0.3, -0.25) is 29.3 Å². The highest BCUT2D eigenvalue weighted by Crippen LogP contribution is 2.29. The minimum atomic E-state index is -1.77. The summed E-state index contributed by atoms with van der Waals surface area (Å²) in [5.41, 5.74) is -0.598. The molecule has 1 aliphatic heterocycles. The Morgan fingerprint density at radius 3 is 1.04 bits per heavy atom. The van der Waals surface area contributed by atoms with Crippen molar-refractivity contribution in [2.75, 3.05) is 19.8 Å². The van der Waals surface area contributed by atoms with Gasteiger partial charge in [0.2, 0.25) is 0 Å². The molecule has 18 heteroatoms. The topological polar surface area (TPSA) is 266 Å². The van der Waals surface area contributed by atoms with Crippen LogP contribution in [0.25, 0.3) is 32.7 Å². The number of pyridine rings is 3. The quantitative estimate of drug-likeness (QED) is 0.104. The Morgan fingerprint density at radius 1 is 0.474 bits per heavy atom. The highest BCUT2D eigenvalue weighted by Gasteiger charge is 2.35. The van der Waals surface area contributed by atoms with Crippen molar-refractivity contribution in [3.05, 3.63) is 108 Å². The van der Waals surface area contributed by atoms with E-state index < -0.39 is 90.8 Å². The van der Waals surface area contributed by atoms with Gasteiger partial charge in [-0.25, -0.2) is 14.4 Å². The number of fused-ring (bicyclic) bond motifs is 3. The number of aromatic nitrogens is 3. The van der Waals surface area contributed by atoms with Crippen molar-refractivity contribution in [1.82, 2.24) is 30.9 Å². The summed E-state index contributed by atoms with van der Waals surface area (Å²) in [6.07, 6.45) is 4.21. The van der Waals surface area contributed by atoms with Crippen molar-refractivity contribution in [2.24, 2.45) is 0 Å². The maximum Gasteiger partial charge on any atom is 0.332 e. The molecule has 288 valence electrons. The minimum Gasteiger partial charge on any atom is -0.505 e. The lowest BCUT2D eigenvalue weighted by atomic mass is 10.1. The number of benzene rings is 3. The number of ether oxygens (including phenoxy) is 3. The van der Waals surface area contributed by atoms with Crippen LogP contribution in [0.5, 0.6) is 17.2 Å². The Balaban J connectivity index is 1.17. The highest BCUT2D eigenvalue weighted by atomic mass is 16.6. The number of rotatable bonds is 6. The number of phenolic OH excluding ortho intramolecular Hbond substituents is 3. The number of nitrogens with one attached hydrogen (secondary N) is 3. The lowest BCUT2D eigenvalue weighted by molar-refractivity contribution is -0.160. The zero-order chi connectivity index (χ0) is 40.2. The summed E-state index contributed by atoms with van der Waals surface area (Å²) in [4.78, 5) is 92.9. The lowest BCUT2D eigenvalue weighted by Crippen LogP contribution is -2.52. The molecule has 6 aromatic rings. The standard InChI is InChI=1S/C39H30N6O12/c46-31-22(10-7-19-4-1-13-40-28(19)31)34(49)43-25-16-55-38(53)27(45-36(51)24-12-9-21-6-3-15-42-30(21)33(24)48)18-57-39(54)26(17-56-37(25)52)44-35(50)23-11-8-20-5-2-14-41-29(20)32(23)47/h1-15,25-27,46-48H,16-18H2,(H,43,49)(H,44,50)(H,45,51). The van der Waals surface area contributed by atoms with Crippen LogP contribution in [0.15, 0.2) is 91.4 Å². The summed E-state index contributed by atoms with van der Waals surface area (Å²) in [5, 5.41) is 41.0. The van der Waals surface area contributed by atoms with Crippen LogP contribution in [-0.4, -0.2) is 104 Å². The first-order chi connectivity index (χ1) is 27.5. The number of carbonyl (C=O) groups is 6. The maximum atomic E-state index is 13.5. The molecule has 4 heterocycles. The van der Waals surface area contributed by atoms with Crippen LogP contribution < -0.4 is 16.0 Å². The molecule has 3 unspecified atom stereocenters. The third kappa shape index (κ3) is 7.72. The van der Waals surface area contributed by atoms with Gasteiger partial charge in [0.1, 0.15) is 36.4 Å². The second kappa shape index (κ2) is 15.8. The second-order valence-electron chi connectivity index (χ2n) is 12.6. The van der Waals surface area contributed by atoms with E-state index in [1.807, 2.05) is 0 Å². The van der Waals surface area contributed by atoms with E-state index in [0.29, 0.717) is 16.2 Å². The van der Waals surface area contributed by atoms with Gasteiger partial charge in [-0.15, -0.1) is 0 Å². The Hall–Kier alpha value is -7.89. The molecule has 0 aliphatic carbocycles. The number of cyclic esters (lactones) is 3. The Morgan fingerprint density at radius 2 is 0.754 bits per heavy atom. The van der Waals surface area contributed by atoms with Crippen LogP contribution in [0.3, 0.4) is 0 Å². The molecular formula is C39H30N6O12. The minimum absolute atomic E-state index is 0.0926. The average Bonchev–Trinajstić information content (AvgIpc) is 3.22. The number of hydrogen-bond acceptors (Lipinski definition) is 15. The van der Waals surface area contributed by atoms with Gasteiger partial charge in [0.25, 0.3) is 17.7 Å². The summed E-state index contributed by atoms with van der Waals surface area (Å²) in [6.45, 7) is -2.64. The molecule has 0 bridgehead atoms. The van der Waals surface area contributed by atoms with Crippen molar-refractivity contribution in [1.29, 1.82) is 0 Å². The molecule has 7 rings (SSSR count). The van der Waals surface area contributed by atoms with Crippen LogP contribution in [0.4, 0.5) is 0 Å². The Labute approximate surface area is 320 Å². The van der Waals surface area contributed by atoms with Gasteiger partial charge < -0.3 is 45.5 Å². The largest absolute Gasteiger partial charge is 0.505 e. The van der Waals surface area contributed by atoms with E-state index in [1.165, 1.54) is 55.0 Å². The Kier molecular flexibility index (Phi) is 10.4. The van der Waals surface area contributed by atoms with Gasteiger partial charge in [0.15, 0.2) is 35.4 Å². The fraction of sp³-hybridized carbons (Fsp3) is 0.154. The molecule has 6 N–H and O–H groups in total. The van der Waals surface area contributed by atoms with Gasteiger partial charge in [-0.2, -0.15) is 0 Å². The van der Waals surface area contributed by atoms with Crippen molar-refractivity contribution >= 4 is 68.3 Å². The molecule has 1 fully saturated rings. The third-order valence-electron chi connectivity index (χ3n) is 8.92. The molecule has 0 saturated carbocycles. The maximum absolute atomic E-state index is 13.5. The van der Waals surface area contributed by atoms with Crippen molar-refractivity contribution in [3.8, 4) is 17.2 Å². The van der Waals surface area contributed by atoms with Crippen molar-refractivity contribution < 1.29 is 58.3 Å². The average molecular weight is 775 g/mol. The molecule has 1 aliphatic rings. The number of carbonyl (C=O) groups excluding carboxylic acids is 6. The predicted octanol–water partition coefficient (Wildman–Crippen LogP) is 1.79. The number of nitrogens with zero attached hydrogens (tertiary/aromatic N) is 3. The number of phenols is 3. The smallest absolute Gasteiger partial charge is 0.332 e. The number of amides is 3. The predicted molar refractivity (Wildman–Crippen MR) is 197 cm³/mol. The normalized spacial score (nSPS) is 17.7. The van der Waals surface area contributed by atoms with E-state index in [4.69, 9.17) is 14.2 Å². The first-order valence-corrected chi connectivity index (χ1v) is 17.1. The zero-order valence-corrected chi connectivity index (χ0v) is 29.4. The first-order valence-electron chi connectivity index (χ1n) is 17.1. The molecule has 3 aromatic carbocycles. The van der Waals surface area contributed by atoms with Crippen LogP contribution in [-0.2, 0) is 28.6 Å². The summed E-state index contributed by atoms with van der Waals surface area (Å²) >= 11 is 0. The van der Waals surface area contributed by atoms with Gasteiger partial charge in [0, 0.05) is 34.7 Å². The first kappa shape index (κ1) is 37.4. The number of esters is 3. The second-order valence-corrected chi connectivity index (χ2v) is 12.6. The summed E-state index contributed by atoms with van der Waals surface area (Å²) in [7, 11) is 0. The van der Waals surface area contributed by atoms with E-state index in [1.54, 1.807) is 36.4 Å². The third-order valence-corrected chi connectivity index (χ3v) is 8.92. The van der Waals surface area contributed by atoms with E-state index >= 15 is 0 Å². The fourth-order valence-electron chi connectivity index (χ4n) is 5.95. The summed E-state index contributed by atoms with van der Waals surface area (Å²) in [5.74, 6) is -8.23. The molecular weight excluding hydrogens is 744 g/mol. The van der Waals surface area contributed by atoms with Gasteiger partial charge in [-0.1, -0.05) is 36.4 Å². The van der Waals surface area contributed by atoms with E-state index in [0.717, 1.165) is 0 Å². The van der Waals surface area contributed by atoms with E-state index in [9.17, 15) is 44.1 Å². The number of hydrogen-bond donors (Lipinski definition) is 6. The van der Waals surface area contributed by atoms with E-state index in [2.05, 4.69) is 30.9 Å². The summed E-state index contributed by atoms with van der Waals surface area (Å²) < 4.78 is 15.9. The van der Waals surface area contributed by atoms with Crippen molar-refractivity contribution in [3.63, 3.8) is 0 Å². The molecule has 57 heavy (non-hydrogen) atoms. The molecule has 3 atom stereocenters. The molecule has 18 nitrogen and oxygen atoms in total. The monoisotopic (exact) mass is 774 g/mol. The molecule has 0 radical (unpaired) electrons. The van der Waals surface area contributed by atoms with Crippen LogP contribution >= 0.6 is 0 Å². The molecule has 3 aromatic heterocycles. The molecule has 0 spiro atoms. The van der Waals surface area contributed by atoms with Gasteiger partial charge in [-0.05, 0) is 36.4 Å². The van der Waals surface area contributed by atoms with E-state index in [-0.39, 0.29) is 33.2 Å². The summed E-state index contributed by atoms with van der Waals surface area (Å²) in [6, 6.07) is 12.9. The van der Waals surface area contributed by atoms with Gasteiger partial charge >= 0.3 is 17.9 Å². The molecule has 1 saturated heterocycles. The SMILES string of the molecule is O=C(NC1COC(=O)C(NC(=O)c2ccc3cccnc3c2O)COC(=O)C(NC(=O)c2ccc3cccnc3c2O)COC1=O)c1ccc2cccnc2c1O. The Bertz CT molecular complexity index is 2330. The van der Waals surface area contributed by atoms with Crippen LogP contribution in [0, 0.1) is 0 Å². The molecule has 3 amide bonds. The van der Waals surface area contributed by atoms with Crippen molar-refractivity contribution in [2.45, 2.75) is 18.1 Å². The van der Waals surface area contributed by atoms with Crippen LogP contribution in [0.1, 0.15) is 31.1 Å². The van der Waals surface area contributed by atoms with Gasteiger partial charge in [0.05, 0.1) is 16.7 Å². The fourth-order valence-corrected chi connectivity index (χ4v) is 5.95.